The molecule has 94 valence electrons. The van der Waals surface area contributed by atoms with Crippen LogP contribution in [0.5, 0.6) is 0 Å². The molecule has 2 nitrogen and oxygen atoms in total. The Morgan fingerprint density at radius 3 is 2.42 bits per heavy atom. The van der Waals surface area contributed by atoms with E-state index in [1.165, 1.54) is 10.9 Å². The van der Waals surface area contributed by atoms with Gasteiger partial charge < -0.3 is 5.73 Å². The van der Waals surface area contributed by atoms with Gasteiger partial charge in [-0.1, -0.05) is 48.5 Å². The molecule has 2 N–H and O–H groups in total. The monoisotopic (exact) mass is 248 g/mol. The van der Waals surface area contributed by atoms with Crippen molar-refractivity contribution in [2.24, 2.45) is 5.73 Å². The third-order valence-electron chi connectivity index (χ3n) is 3.42. The molecule has 19 heavy (non-hydrogen) atoms. The van der Waals surface area contributed by atoms with Gasteiger partial charge in [0.15, 0.2) is 0 Å². The number of hydrogen-bond acceptors (Lipinski definition) is 2. The number of aryl methyl sites for hydroxylation is 1. The van der Waals surface area contributed by atoms with E-state index in [4.69, 9.17) is 5.73 Å². The van der Waals surface area contributed by atoms with Crippen molar-refractivity contribution in [1.82, 2.24) is 4.98 Å². The van der Waals surface area contributed by atoms with Crippen LogP contribution in [-0.2, 0) is 0 Å². The maximum atomic E-state index is 6.31. The second kappa shape index (κ2) is 4.82. The van der Waals surface area contributed by atoms with Gasteiger partial charge in [0.1, 0.15) is 0 Å². The van der Waals surface area contributed by atoms with Crippen molar-refractivity contribution >= 4 is 10.9 Å². The number of hydrogen-bond donors (Lipinski definition) is 1. The zero-order valence-electron chi connectivity index (χ0n) is 10.9. The predicted molar refractivity (Wildman–Crippen MR) is 79.0 cm³/mol. The Bertz CT molecular complexity index is 705. The highest BCUT2D eigenvalue weighted by Gasteiger charge is 2.11. The van der Waals surface area contributed by atoms with Crippen LogP contribution in [0, 0.1) is 6.92 Å². The lowest BCUT2D eigenvalue weighted by Crippen LogP contribution is -2.13. The van der Waals surface area contributed by atoms with Crippen LogP contribution in [0.2, 0.25) is 0 Å². The summed E-state index contributed by atoms with van der Waals surface area (Å²) in [5.74, 6) is 0. The molecule has 0 bridgehead atoms. The summed E-state index contributed by atoms with van der Waals surface area (Å²) in [4.78, 5) is 4.69. The van der Waals surface area contributed by atoms with E-state index in [0.717, 1.165) is 16.8 Å². The second-order valence-corrected chi connectivity index (χ2v) is 4.77. The van der Waals surface area contributed by atoms with Gasteiger partial charge >= 0.3 is 0 Å². The van der Waals surface area contributed by atoms with E-state index in [1.807, 2.05) is 48.5 Å². The van der Waals surface area contributed by atoms with Crippen LogP contribution in [0.15, 0.2) is 60.7 Å². The molecule has 0 radical (unpaired) electrons. The van der Waals surface area contributed by atoms with Crippen LogP contribution in [0.4, 0.5) is 0 Å². The summed E-state index contributed by atoms with van der Waals surface area (Å²) in [6.07, 6.45) is 0. The van der Waals surface area contributed by atoms with Crippen molar-refractivity contribution in [3.05, 3.63) is 77.5 Å². The molecule has 1 aromatic heterocycles. The first-order valence-electron chi connectivity index (χ1n) is 6.42. The number of nitrogens with zero attached hydrogens (tertiary/aromatic N) is 1. The number of pyridine rings is 1. The molecule has 0 amide bonds. The van der Waals surface area contributed by atoms with Crippen LogP contribution in [0.3, 0.4) is 0 Å². The van der Waals surface area contributed by atoms with Gasteiger partial charge in [0.2, 0.25) is 0 Å². The first-order chi connectivity index (χ1) is 9.25. The van der Waals surface area contributed by atoms with Gasteiger partial charge in [0.25, 0.3) is 0 Å². The summed E-state index contributed by atoms with van der Waals surface area (Å²) in [5.41, 5.74) is 10.5. The van der Waals surface area contributed by atoms with E-state index < -0.39 is 0 Å². The lowest BCUT2D eigenvalue weighted by atomic mass is 10.0. The maximum absolute atomic E-state index is 6.31. The summed E-state index contributed by atoms with van der Waals surface area (Å²) in [6, 6.07) is 20.2. The first kappa shape index (κ1) is 11.9. The summed E-state index contributed by atoms with van der Waals surface area (Å²) in [6.45, 7) is 2.10. The zero-order valence-corrected chi connectivity index (χ0v) is 10.9. The van der Waals surface area contributed by atoms with E-state index in [1.54, 1.807) is 0 Å². The Hall–Kier alpha value is -2.19. The van der Waals surface area contributed by atoms with Crippen molar-refractivity contribution < 1.29 is 0 Å². The van der Waals surface area contributed by atoms with Crippen molar-refractivity contribution in [2.75, 3.05) is 0 Å². The zero-order chi connectivity index (χ0) is 13.2. The molecule has 2 heteroatoms. The summed E-state index contributed by atoms with van der Waals surface area (Å²) in [7, 11) is 0. The third-order valence-corrected chi connectivity index (χ3v) is 3.42. The topological polar surface area (TPSA) is 38.9 Å². The Kier molecular flexibility index (Phi) is 3.02. The minimum atomic E-state index is -0.176. The third kappa shape index (κ3) is 2.23. The summed E-state index contributed by atoms with van der Waals surface area (Å²) < 4.78 is 0. The lowest BCUT2D eigenvalue weighted by molar-refractivity contribution is 0.834. The molecule has 1 atom stereocenters. The highest BCUT2D eigenvalue weighted by atomic mass is 14.8. The molecule has 1 heterocycles. The molecule has 0 saturated heterocycles. The first-order valence-corrected chi connectivity index (χ1v) is 6.42. The van der Waals surface area contributed by atoms with Crippen molar-refractivity contribution in [2.45, 2.75) is 13.0 Å². The van der Waals surface area contributed by atoms with Crippen molar-refractivity contribution in [1.29, 1.82) is 0 Å². The van der Waals surface area contributed by atoms with Gasteiger partial charge in [0, 0.05) is 5.39 Å². The Morgan fingerprint density at radius 1 is 0.947 bits per heavy atom. The minimum Gasteiger partial charge on any atom is -0.319 e. The molecular formula is C17H16N2. The molecule has 1 unspecified atom stereocenters. The van der Waals surface area contributed by atoms with Crippen LogP contribution in [0.25, 0.3) is 10.9 Å². The van der Waals surface area contributed by atoms with Crippen molar-refractivity contribution in [3.63, 3.8) is 0 Å². The number of para-hydroxylation sites is 1. The number of nitrogens with two attached hydrogens (primary N) is 1. The quantitative estimate of drug-likeness (QED) is 0.752. The molecule has 0 aliphatic heterocycles. The molecule has 3 aromatic rings. The number of fused-ring (bicyclic) bond motifs is 1. The minimum absolute atomic E-state index is 0.176. The molecule has 3 rings (SSSR count). The van der Waals surface area contributed by atoms with E-state index in [9.17, 15) is 0 Å². The molecule has 0 spiro atoms. The Morgan fingerprint density at radius 2 is 1.63 bits per heavy atom. The molecular weight excluding hydrogens is 232 g/mol. The standard InChI is InChI=1S/C17H16N2/c1-12-11-16(17(18)13-7-3-2-4-8-13)19-15-10-6-5-9-14(12)15/h2-11,17H,18H2,1H3. The van der Waals surface area contributed by atoms with Gasteiger partial charge in [-0.3, -0.25) is 4.98 Å². The average molecular weight is 248 g/mol. The van der Waals surface area contributed by atoms with Gasteiger partial charge in [-0.25, -0.2) is 0 Å². The van der Waals surface area contributed by atoms with Crippen LogP contribution >= 0.6 is 0 Å². The molecule has 0 aliphatic rings. The van der Waals surface area contributed by atoms with E-state index in [0.29, 0.717) is 0 Å². The normalized spacial score (nSPS) is 12.5. The van der Waals surface area contributed by atoms with Crippen LogP contribution in [-0.4, -0.2) is 4.98 Å². The maximum Gasteiger partial charge on any atom is 0.0726 e. The highest BCUT2D eigenvalue weighted by Crippen LogP contribution is 2.23. The highest BCUT2D eigenvalue weighted by molar-refractivity contribution is 5.82. The average Bonchev–Trinajstić information content (AvgIpc) is 2.47. The van der Waals surface area contributed by atoms with Crippen LogP contribution in [0.1, 0.15) is 22.9 Å². The predicted octanol–water partition coefficient (Wildman–Crippen LogP) is 3.59. The van der Waals surface area contributed by atoms with Crippen molar-refractivity contribution in [3.8, 4) is 0 Å². The number of benzene rings is 2. The van der Waals surface area contributed by atoms with Gasteiger partial charge in [-0.15, -0.1) is 0 Å². The van der Waals surface area contributed by atoms with Crippen LogP contribution < -0.4 is 5.73 Å². The largest absolute Gasteiger partial charge is 0.319 e. The van der Waals surface area contributed by atoms with E-state index >= 15 is 0 Å². The lowest BCUT2D eigenvalue weighted by Gasteiger charge is -2.13. The van der Waals surface area contributed by atoms with E-state index in [-0.39, 0.29) is 6.04 Å². The van der Waals surface area contributed by atoms with Gasteiger partial charge in [0.05, 0.1) is 17.3 Å². The Balaban J connectivity index is 2.11. The van der Waals surface area contributed by atoms with Gasteiger partial charge in [-0.2, -0.15) is 0 Å². The second-order valence-electron chi connectivity index (χ2n) is 4.77. The Labute approximate surface area is 112 Å². The summed E-state index contributed by atoms with van der Waals surface area (Å²) >= 11 is 0. The molecule has 0 fully saturated rings. The van der Waals surface area contributed by atoms with E-state index in [2.05, 4.69) is 24.0 Å². The molecule has 0 aliphatic carbocycles. The van der Waals surface area contributed by atoms with Gasteiger partial charge in [-0.05, 0) is 30.2 Å². The number of rotatable bonds is 2. The molecule has 0 saturated carbocycles. The fourth-order valence-corrected chi connectivity index (χ4v) is 2.37. The molecule has 2 aromatic carbocycles. The fourth-order valence-electron chi connectivity index (χ4n) is 2.37. The fraction of sp³-hybridized carbons (Fsp3) is 0.118. The summed E-state index contributed by atoms with van der Waals surface area (Å²) in [5, 5.41) is 1.19. The number of aromatic nitrogens is 1. The smallest absolute Gasteiger partial charge is 0.0726 e. The SMILES string of the molecule is Cc1cc(C(N)c2ccccc2)nc2ccccc12.